The quantitative estimate of drug-likeness (QED) is 0.0643. The zero-order chi connectivity index (χ0) is 46.3. The molecule has 13 heteroatoms. The van der Waals surface area contributed by atoms with Gasteiger partial charge in [0.2, 0.25) is 17.7 Å². The molecule has 0 aliphatic heterocycles. The zero-order valence-electron chi connectivity index (χ0n) is 38.7. The van der Waals surface area contributed by atoms with Gasteiger partial charge in [-0.2, -0.15) is 0 Å². The molecule has 0 aliphatic carbocycles. The van der Waals surface area contributed by atoms with Crippen LogP contribution in [0.5, 0.6) is 0 Å². The molecule has 0 spiro atoms. The van der Waals surface area contributed by atoms with Crippen molar-refractivity contribution in [3.05, 3.63) is 96.8 Å². The van der Waals surface area contributed by atoms with Gasteiger partial charge in [-0.1, -0.05) is 148 Å². The molecule has 0 atom stereocenters. The van der Waals surface area contributed by atoms with E-state index in [9.17, 15) is 19.2 Å². The van der Waals surface area contributed by atoms with Crippen LogP contribution in [0.4, 0.5) is 4.79 Å². The van der Waals surface area contributed by atoms with E-state index >= 15 is 0 Å². The lowest BCUT2D eigenvalue weighted by molar-refractivity contribution is -0.133. The summed E-state index contributed by atoms with van der Waals surface area (Å²) >= 11 is 0. The van der Waals surface area contributed by atoms with E-state index in [1.165, 1.54) is 12.8 Å². The number of hydrogen-bond acceptors (Lipinski definition) is 6. The van der Waals surface area contributed by atoms with E-state index in [1.807, 2.05) is 52.0 Å². The Hall–Kier alpha value is -6.50. The summed E-state index contributed by atoms with van der Waals surface area (Å²) in [6.45, 7) is 19.5. The highest BCUT2D eigenvalue weighted by Gasteiger charge is 2.20. The van der Waals surface area contributed by atoms with Gasteiger partial charge >= 0.3 is 6.09 Å². The summed E-state index contributed by atoms with van der Waals surface area (Å²) in [5.41, 5.74) is 5.75. The monoisotopic (exact) mass is 861 g/mol. The standard InChI is InChI=1S/C42H46N8O5.2C3H8.C2H6/c1-4-19-49(40(52)23-45-39(51)6-3)25-37-43-21-35(47-37)33-17-15-31(27-11-7-9-13-29(27)33)32-16-18-34(30-14-10-8-12-28(30)32)36-22-44-38(48-36)26-50(20-5-2)41(53)24-46-42(54)55;2*1-3-2;1-2/h7-18,21-22,46H,4-6,19-20,23-26H2,1-3H3,(H,43,47)(H,44,48)(H,45,51)(H,54,55);2*3H2,1-2H3;1-2H3. The highest BCUT2D eigenvalue weighted by atomic mass is 16.4. The van der Waals surface area contributed by atoms with Crippen LogP contribution in [0.2, 0.25) is 0 Å². The number of carboxylic acid groups (broad SMARTS) is 1. The third-order valence-corrected chi connectivity index (χ3v) is 9.50. The number of benzene rings is 4. The third kappa shape index (κ3) is 14.3. The minimum atomic E-state index is -1.24. The molecule has 0 fully saturated rings. The Morgan fingerprint density at radius 1 is 0.556 bits per heavy atom. The third-order valence-electron chi connectivity index (χ3n) is 9.50. The topological polar surface area (TPSA) is 176 Å². The molecule has 5 N–H and O–H groups in total. The van der Waals surface area contributed by atoms with Crippen molar-refractivity contribution in [1.29, 1.82) is 0 Å². The normalized spacial score (nSPS) is 10.4. The van der Waals surface area contributed by atoms with Gasteiger partial charge in [0.15, 0.2) is 0 Å². The van der Waals surface area contributed by atoms with Crippen LogP contribution in [0.15, 0.2) is 85.2 Å². The van der Waals surface area contributed by atoms with Crippen molar-refractivity contribution in [2.24, 2.45) is 0 Å². The predicted molar refractivity (Wildman–Crippen MR) is 256 cm³/mol. The lowest BCUT2D eigenvalue weighted by Gasteiger charge is -2.21. The lowest BCUT2D eigenvalue weighted by Crippen LogP contribution is -2.40. The Morgan fingerprint density at radius 2 is 0.905 bits per heavy atom. The number of rotatable bonds is 16. The molecule has 0 aliphatic rings. The minimum Gasteiger partial charge on any atom is -0.465 e. The molecule has 4 aromatic carbocycles. The molecule has 6 rings (SSSR count). The molecular weight excluding hydrogens is 793 g/mol. The van der Waals surface area contributed by atoms with Gasteiger partial charge in [0, 0.05) is 30.6 Å². The van der Waals surface area contributed by atoms with Crippen molar-refractivity contribution >= 4 is 45.4 Å². The van der Waals surface area contributed by atoms with Crippen LogP contribution < -0.4 is 10.6 Å². The second kappa shape index (κ2) is 26.8. The Bertz CT molecular complexity index is 2370. The summed E-state index contributed by atoms with van der Waals surface area (Å²) in [7, 11) is 0. The fourth-order valence-electron chi connectivity index (χ4n) is 6.86. The summed E-state index contributed by atoms with van der Waals surface area (Å²) in [4.78, 5) is 67.7. The SMILES string of the molecule is CC.CCC.CCC.CCCN(Cc1ncc(-c2ccc(-c3ccc(-c4cnc(CN(CCC)C(=O)CNC(=O)CC)[nH]4)c4ccccc34)c3ccccc23)[nH]1)C(=O)CNC(=O)O. The highest BCUT2D eigenvalue weighted by Crippen LogP contribution is 2.40. The number of carbonyl (C=O) groups excluding carboxylic acids is 3. The maximum atomic E-state index is 12.9. The molecule has 4 amide bonds. The van der Waals surface area contributed by atoms with Gasteiger partial charge in [0.05, 0.1) is 43.4 Å². The van der Waals surface area contributed by atoms with E-state index < -0.39 is 6.09 Å². The number of nitrogens with zero attached hydrogens (tertiary/aromatic N) is 4. The first-order valence-corrected chi connectivity index (χ1v) is 22.4. The second-order valence-electron chi connectivity index (χ2n) is 14.7. The average Bonchev–Trinajstić information content (AvgIpc) is 3.97. The number of H-pyrrole nitrogens is 2. The van der Waals surface area contributed by atoms with Crippen LogP contribution in [-0.4, -0.2) is 84.8 Å². The van der Waals surface area contributed by atoms with Gasteiger partial charge in [-0.05, 0) is 45.5 Å². The van der Waals surface area contributed by atoms with Gasteiger partial charge in [-0.25, -0.2) is 14.8 Å². The Kier molecular flexibility index (Phi) is 21.6. The van der Waals surface area contributed by atoms with Crippen LogP contribution in [0, 0.1) is 0 Å². The summed E-state index contributed by atoms with van der Waals surface area (Å²) < 4.78 is 0. The first-order chi connectivity index (χ1) is 30.5. The van der Waals surface area contributed by atoms with Crippen molar-refractivity contribution in [1.82, 2.24) is 40.4 Å². The molecule has 63 heavy (non-hydrogen) atoms. The van der Waals surface area contributed by atoms with Crippen LogP contribution in [-0.2, 0) is 27.5 Å². The smallest absolute Gasteiger partial charge is 0.405 e. The van der Waals surface area contributed by atoms with Gasteiger partial charge in [-0.15, -0.1) is 0 Å². The van der Waals surface area contributed by atoms with Crippen molar-refractivity contribution in [3.8, 4) is 33.6 Å². The number of carbonyl (C=O) groups is 4. The zero-order valence-corrected chi connectivity index (χ0v) is 38.7. The number of nitrogens with one attached hydrogen (secondary N) is 4. The number of amides is 4. The molecule has 13 nitrogen and oxygen atoms in total. The molecule has 0 saturated heterocycles. The Morgan fingerprint density at radius 3 is 1.25 bits per heavy atom. The lowest BCUT2D eigenvalue weighted by atomic mass is 9.89. The summed E-state index contributed by atoms with van der Waals surface area (Å²) in [6.07, 6.45) is 6.66. The summed E-state index contributed by atoms with van der Waals surface area (Å²) in [6, 6.07) is 25.0. The fourth-order valence-corrected chi connectivity index (χ4v) is 6.86. The van der Waals surface area contributed by atoms with Crippen molar-refractivity contribution in [3.63, 3.8) is 0 Å². The van der Waals surface area contributed by atoms with E-state index in [-0.39, 0.29) is 37.4 Å². The fraction of sp³-hybridized carbons (Fsp3) is 0.400. The van der Waals surface area contributed by atoms with Gasteiger partial charge in [-0.3, -0.25) is 14.4 Å². The van der Waals surface area contributed by atoms with Gasteiger partial charge in [0.1, 0.15) is 18.2 Å². The van der Waals surface area contributed by atoms with E-state index in [2.05, 4.69) is 107 Å². The van der Waals surface area contributed by atoms with Crippen molar-refractivity contribution in [2.45, 2.75) is 108 Å². The molecule has 6 aromatic rings. The maximum Gasteiger partial charge on any atom is 0.405 e. The van der Waals surface area contributed by atoms with Crippen LogP contribution in [0.3, 0.4) is 0 Å². The van der Waals surface area contributed by atoms with Crippen LogP contribution >= 0.6 is 0 Å². The number of fused-ring (bicyclic) bond motifs is 2. The van der Waals surface area contributed by atoms with Crippen LogP contribution in [0.25, 0.3) is 55.2 Å². The summed E-state index contributed by atoms with van der Waals surface area (Å²) in [5.74, 6) is 0.640. The number of aromatic amines is 2. The molecule has 338 valence electrons. The molecule has 0 unspecified atom stereocenters. The molecular formula is C50H68N8O5. The van der Waals surface area contributed by atoms with E-state index in [0.717, 1.165) is 68.0 Å². The minimum absolute atomic E-state index is 0.0411. The first kappa shape index (κ1) is 50.9. The number of hydrogen-bond donors (Lipinski definition) is 5. The van der Waals surface area contributed by atoms with E-state index in [0.29, 0.717) is 37.7 Å². The molecule has 2 heterocycles. The van der Waals surface area contributed by atoms with Crippen molar-refractivity contribution in [2.75, 3.05) is 26.2 Å². The number of aromatic nitrogens is 4. The maximum absolute atomic E-state index is 12.9. The largest absolute Gasteiger partial charge is 0.465 e. The van der Waals surface area contributed by atoms with E-state index in [1.54, 1.807) is 29.1 Å². The summed E-state index contributed by atoms with van der Waals surface area (Å²) in [5, 5.41) is 18.0. The Labute approximate surface area is 373 Å². The Balaban J connectivity index is 0.00000123. The molecule has 0 bridgehead atoms. The molecule has 0 radical (unpaired) electrons. The number of imidazole rings is 2. The van der Waals surface area contributed by atoms with Gasteiger partial charge < -0.3 is 35.5 Å². The van der Waals surface area contributed by atoms with Crippen molar-refractivity contribution < 1.29 is 24.3 Å². The van der Waals surface area contributed by atoms with Gasteiger partial charge in [0.25, 0.3) is 0 Å². The predicted octanol–water partition coefficient (Wildman–Crippen LogP) is 10.6. The second-order valence-corrected chi connectivity index (χ2v) is 14.7. The van der Waals surface area contributed by atoms with E-state index in [4.69, 9.17) is 5.11 Å². The average molecular weight is 861 g/mol. The highest BCUT2D eigenvalue weighted by molar-refractivity contribution is 6.11. The first-order valence-electron chi connectivity index (χ1n) is 22.4. The van der Waals surface area contributed by atoms with Crippen LogP contribution in [0.1, 0.15) is 106 Å². The molecule has 2 aromatic heterocycles. The molecule has 0 saturated carbocycles.